The van der Waals surface area contributed by atoms with Crippen LogP contribution in [0.25, 0.3) is 11.0 Å². The van der Waals surface area contributed by atoms with E-state index in [4.69, 9.17) is 5.73 Å². The van der Waals surface area contributed by atoms with E-state index in [1.807, 2.05) is 26.0 Å². The fraction of sp³-hybridized carbons (Fsp3) is 0.348. The summed E-state index contributed by atoms with van der Waals surface area (Å²) in [6, 6.07) is 9.81. The van der Waals surface area contributed by atoms with Gasteiger partial charge in [-0.15, -0.1) is 0 Å². The molecule has 1 heterocycles. The summed E-state index contributed by atoms with van der Waals surface area (Å²) in [7, 11) is 0. The first-order chi connectivity index (χ1) is 16.2. The summed E-state index contributed by atoms with van der Waals surface area (Å²) in [5, 5.41) is 11.7. The van der Waals surface area contributed by atoms with E-state index in [9.17, 15) is 24.5 Å². The zero-order chi connectivity index (χ0) is 25.0. The van der Waals surface area contributed by atoms with Gasteiger partial charge in [0, 0.05) is 37.1 Å². The van der Waals surface area contributed by atoms with Crippen LogP contribution >= 0.6 is 0 Å². The van der Waals surface area contributed by atoms with E-state index in [2.05, 4.69) is 9.88 Å². The number of nitrogens with two attached hydrogens (primary N) is 1. The van der Waals surface area contributed by atoms with Crippen LogP contribution < -0.4 is 21.2 Å². The SMILES string of the molecule is CCN(CC)c1ccc(N(CC(N)=O)C(=O)Cc2c([N+](=O)[O-])ccc3[nH]c(=O)n(CC)c23)cc1. The highest BCUT2D eigenvalue weighted by molar-refractivity contribution is 6.01. The van der Waals surface area contributed by atoms with Gasteiger partial charge in [-0.3, -0.25) is 24.3 Å². The van der Waals surface area contributed by atoms with Crippen molar-refractivity contribution in [1.82, 2.24) is 9.55 Å². The van der Waals surface area contributed by atoms with Gasteiger partial charge in [0.1, 0.15) is 6.54 Å². The number of nitrogens with one attached hydrogen (secondary N) is 1. The molecule has 3 rings (SSSR count). The number of H-pyrrole nitrogens is 1. The number of aryl methyl sites for hydroxylation is 1. The Balaban J connectivity index is 2.06. The van der Waals surface area contributed by atoms with Crippen molar-refractivity contribution in [3.63, 3.8) is 0 Å². The summed E-state index contributed by atoms with van der Waals surface area (Å²) in [4.78, 5) is 54.6. The maximum Gasteiger partial charge on any atom is 0.326 e. The number of aromatic nitrogens is 2. The molecule has 0 bridgehead atoms. The molecule has 0 spiro atoms. The molecule has 0 fully saturated rings. The Bertz CT molecular complexity index is 1270. The Morgan fingerprint density at radius 1 is 1.06 bits per heavy atom. The number of carbonyl (C=O) groups is 2. The Hall–Kier alpha value is -4.15. The van der Waals surface area contributed by atoms with Crippen LogP contribution in [0.4, 0.5) is 17.1 Å². The molecule has 0 aliphatic rings. The number of carbonyl (C=O) groups excluding carboxylic acids is 2. The number of imidazole rings is 1. The van der Waals surface area contributed by atoms with Crippen LogP contribution in [-0.2, 0) is 22.6 Å². The fourth-order valence-electron chi connectivity index (χ4n) is 4.12. The average molecular weight is 469 g/mol. The first-order valence-corrected chi connectivity index (χ1v) is 11.0. The quantitative estimate of drug-likeness (QED) is 0.344. The number of nitro groups is 1. The van der Waals surface area contributed by atoms with Gasteiger partial charge >= 0.3 is 5.69 Å². The van der Waals surface area contributed by atoms with E-state index >= 15 is 0 Å². The normalized spacial score (nSPS) is 10.9. The van der Waals surface area contributed by atoms with Crippen molar-refractivity contribution >= 4 is 39.9 Å². The molecule has 0 aliphatic carbocycles. The number of fused-ring (bicyclic) bond motifs is 1. The highest BCUT2D eigenvalue weighted by Crippen LogP contribution is 2.29. The summed E-state index contributed by atoms with van der Waals surface area (Å²) in [6.45, 7) is 7.29. The molecule has 2 amide bonds. The molecule has 1 aromatic heterocycles. The Morgan fingerprint density at radius 3 is 2.21 bits per heavy atom. The van der Waals surface area contributed by atoms with Crippen molar-refractivity contribution in [2.45, 2.75) is 33.7 Å². The van der Waals surface area contributed by atoms with E-state index in [-0.39, 0.29) is 24.3 Å². The number of hydrogen-bond acceptors (Lipinski definition) is 6. The van der Waals surface area contributed by atoms with Crippen LogP contribution in [0, 0.1) is 10.1 Å². The average Bonchev–Trinajstić information content (AvgIpc) is 3.14. The lowest BCUT2D eigenvalue weighted by Gasteiger charge is -2.24. The predicted molar refractivity (Wildman–Crippen MR) is 130 cm³/mol. The van der Waals surface area contributed by atoms with E-state index in [1.165, 1.54) is 21.6 Å². The highest BCUT2D eigenvalue weighted by atomic mass is 16.6. The van der Waals surface area contributed by atoms with Gasteiger partial charge in [-0.05, 0) is 51.1 Å². The van der Waals surface area contributed by atoms with Gasteiger partial charge in [0.15, 0.2) is 0 Å². The minimum absolute atomic E-state index is 0.0990. The third kappa shape index (κ3) is 4.77. The molecule has 3 N–H and O–H groups in total. The number of rotatable bonds is 10. The summed E-state index contributed by atoms with van der Waals surface area (Å²) in [5.74, 6) is -1.28. The second kappa shape index (κ2) is 10.2. The number of aromatic amines is 1. The van der Waals surface area contributed by atoms with Crippen LogP contribution in [0.5, 0.6) is 0 Å². The second-order valence-electron chi connectivity index (χ2n) is 7.70. The fourth-order valence-corrected chi connectivity index (χ4v) is 4.12. The van der Waals surface area contributed by atoms with Crippen molar-refractivity contribution in [3.05, 3.63) is 62.6 Å². The van der Waals surface area contributed by atoms with E-state index in [0.29, 0.717) is 16.7 Å². The van der Waals surface area contributed by atoms with Crippen molar-refractivity contribution in [2.75, 3.05) is 29.4 Å². The van der Waals surface area contributed by atoms with Crippen LogP contribution in [0.15, 0.2) is 41.2 Å². The summed E-state index contributed by atoms with van der Waals surface area (Å²) >= 11 is 0. The van der Waals surface area contributed by atoms with Crippen LogP contribution in [0.3, 0.4) is 0 Å². The summed E-state index contributed by atoms with van der Waals surface area (Å²) < 4.78 is 1.35. The largest absolute Gasteiger partial charge is 0.372 e. The van der Waals surface area contributed by atoms with E-state index in [1.54, 1.807) is 19.1 Å². The number of nitro benzene ring substituents is 1. The number of benzene rings is 2. The van der Waals surface area contributed by atoms with Crippen molar-refractivity contribution < 1.29 is 14.5 Å². The molecule has 0 atom stereocenters. The lowest BCUT2D eigenvalue weighted by atomic mass is 10.1. The first-order valence-electron chi connectivity index (χ1n) is 11.0. The molecule has 0 saturated carbocycles. The van der Waals surface area contributed by atoms with Gasteiger partial charge in [-0.2, -0.15) is 0 Å². The maximum atomic E-state index is 13.4. The lowest BCUT2D eigenvalue weighted by molar-refractivity contribution is -0.385. The smallest absolute Gasteiger partial charge is 0.326 e. The Kier molecular flexibility index (Phi) is 7.34. The number of primary amides is 1. The Labute approximate surface area is 195 Å². The minimum Gasteiger partial charge on any atom is -0.372 e. The van der Waals surface area contributed by atoms with Crippen molar-refractivity contribution in [3.8, 4) is 0 Å². The van der Waals surface area contributed by atoms with Gasteiger partial charge in [0.05, 0.1) is 27.9 Å². The van der Waals surface area contributed by atoms with Crippen LogP contribution in [0.2, 0.25) is 0 Å². The topological polar surface area (TPSA) is 148 Å². The third-order valence-electron chi connectivity index (χ3n) is 5.76. The van der Waals surface area contributed by atoms with Crippen LogP contribution in [0.1, 0.15) is 26.3 Å². The van der Waals surface area contributed by atoms with E-state index < -0.39 is 28.8 Å². The maximum absolute atomic E-state index is 13.4. The number of anilines is 2. The summed E-state index contributed by atoms with van der Waals surface area (Å²) in [6.07, 6.45) is -0.393. The van der Waals surface area contributed by atoms with Gasteiger partial charge in [0.2, 0.25) is 11.8 Å². The number of hydrogen-bond donors (Lipinski definition) is 2. The number of amides is 2. The molecule has 0 unspecified atom stereocenters. The first kappa shape index (κ1) is 24.5. The van der Waals surface area contributed by atoms with Gasteiger partial charge in [0.25, 0.3) is 5.69 Å². The minimum atomic E-state index is -0.721. The predicted octanol–water partition coefficient (Wildman–Crippen LogP) is 2.16. The van der Waals surface area contributed by atoms with Crippen molar-refractivity contribution in [2.24, 2.45) is 5.73 Å². The molecule has 11 nitrogen and oxygen atoms in total. The third-order valence-corrected chi connectivity index (χ3v) is 5.76. The molecule has 180 valence electrons. The van der Waals surface area contributed by atoms with Gasteiger partial charge in [-0.1, -0.05) is 0 Å². The molecule has 11 heteroatoms. The molecule has 34 heavy (non-hydrogen) atoms. The monoisotopic (exact) mass is 468 g/mol. The second-order valence-corrected chi connectivity index (χ2v) is 7.70. The zero-order valence-corrected chi connectivity index (χ0v) is 19.4. The molecule has 0 saturated heterocycles. The molecule has 0 aliphatic heterocycles. The summed E-state index contributed by atoms with van der Waals surface area (Å²) in [5.41, 5.74) is 6.89. The standard InChI is InChI=1S/C23H28N6O5/c1-4-26(5-2)15-7-9-16(10-8-15)28(14-20(24)30)21(31)13-17-19(29(33)34)12-11-18-22(17)27(6-3)23(32)25-18/h7-12H,4-6,13-14H2,1-3H3,(H2,24,30)(H,25,32). The highest BCUT2D eigenvalue weighted by Gasteiger charge is 2.27. The molecule has 0 radical (unpaired) electrons. The number of nitrogens with zero attached hydrogens (tertiary/aromatic N) is 4. The molecular formula is C23H28N6O5. The molecule has 2 aromatic carbocycles. The van der Waals surface area contributed by atoms with Gasteiger partial charge in [-0.25, -0.2) is 4.79 Å². The van der Waals surface area contributed by atoms with Crippen molar-refractivity contribution in [1.29, 1.82) is 0 Å². The molecule has 3 aromatic rings. The molecular weight excluding hydrogens is 440 g/mol. The zero-order valence-electron chi connectivity index (χ0n) is 19.4. The van der Waals surface area contributed by atoms with Crippen LogP contribution in [-0.4, -0.2) is 45.9 Å². The van der Waals surface area contributed by atoms with Gasteiger partial charge < -0.3 is 20.5 Å². The Morgan fingerprint density at radius 2 is 1.68 bits per heavy atom. The lowest BCUT2D eigenvalue weighted by Crippen LogP contribution is -2.39. The van der Waals surface area contributed by atoms with E-state index in [0.717, 1.165) is 18.8 Å².